The van der Waals surface area contributed by atoms with Gasteiger partial charge in [0.25, 0.3) is 0 Å². The average Bonchev–Trinajstić information content (AvgIpc) is 2.71. The minimum Gasteiger partial charge on any atom is -0.0581 e. The van der Waals surface area contributed by atoms with Crippen LogP contribution in [0.5, 0.6) is 0 Å². The molecule has 2 rings (SSSR count). The maximum absolute atomic E-state index is 3.02. The van der Waals surface area contributed by atoms with Gasteiger partial charge < -0.3 is 0 Å². The summed E-state index contributed by atoms with van der Waals surface area (Å²) in [7, 11) is 0. The van der Waals surface area contributed by atoms with Crippen LogP contribution in [0, 0.1) is 6.07 Å². The largest absolute Gasteiger partial charge is 0.0581 e. The van der Waals surface area contributed by atoms with Crippen molar-refractivity contribution in [1.82, 2.24) is 0 Å². The number of hydrogen-bond donors (Lipinski definition) is 0. The van der Waals surface area contributed by atoms with Crippen LogP contribution in [0.3, 0.4) is 0 Å². The lowest BCUT2D eigenvalue weighted by Crippen LogP contribution is -1.73. The molecule has 0 saturated heterocycles. The fraction of sp³-hybridized carbons (Fsp3) is 0.333. The third-order valence-electron chi connectivity index (χ3n) is 1.79. The van der Waals surface area contributed by atoms with Crippen molar-refractivity contribution >= 4 is 0 Å². The Balaban J connectivity index is 2.29. The summed E-state index contributed by atoms with van der Waals surface area (Å²) in [4.78, 5) is 0. The molecule has 0 amide bonds. The van der Waals surface area contributed by atoms with Crippen LogP contribution in [0.25, 0.3) is 0 Å². The molecule has 9 heavy (non-hydrogen) atoms. The van der Waals surface area contributed by atoms with Gasteiger partial charge in [-0.1, -0.05) is 24.3 Å². The third kappa shape index (κ3) is 0.973. The first kappa shape index (κ1) is 5.04. The molecule has 0 aromatic heterocycles. The molecular formula is C9H9. The number of benzene rings is 1. The Hall–Kier alpha value is -0.780. The minimum atomic E-state index is 0.889. The van der Waals surface area contributed by atoms with Crippen LogP contribution in [-0.2, 0) is 0 Å². The molecule has 1 aliphatic carbocycles. The summed E-state index contributed by atoms with van der Waals surface area (Å²) in [6, 6.07) is 11.3. The highest BCUT2D eigenvalue weighted by Gasteiger charge is 2.22. The zero-order valence-corrected chi connectivity index (χ0v) is 5.30. The van der Waals surface area contributed by atoms with Crippen LogP contribution in [-0.4, -0.2) is 0 Å². The second-order valence-corrected chi connectivity index (χ2v) is 2.61. The summed E-state index contributed by atoms with van der Waals surface area (Å²) < 4.78 is 0. The van der Waals surface area contributed by atoms with Crippen molar-refractivity contribution in [2.75, 3.05) is 0 Å². The molecule has 0 atom stereocenters. The van der Waals surface area contributed by atoms with Gasteiger partial charge in [0.2, 0.25) is 0 Å². The van der Waals surface area contributed by atoms with Gasteiger partial charge in [0.1, 0.15) is 0 Å². The second kappa shape index (κ2) is 1.87. The van der Waals surface area contributed by atoms with Gasteiger partial charge in [0, 0.05) is 0 Å². The summed E-state index contributed by atoms with van der Waals surface area (Å²) >= 11 is 0. The monoisotopic (exact) mass is 117 g/mol. The Kier molecular flexibility index (Phi) is 1.05. The highest BCUT2D eigenvalue weighted by atomic mass is 14.3. The third-order valence-corrected chi connectivity index (χ3v) is 1.79. The average molecular weight is 117 g/mol. The lowest BCUT2D eigenvalue weighted by molar-refractivity contribution is 1.13. The highest BCUT2D eigenvalue weighted by Crippen LogP contribution is 2.39. The van der Waals surface area contributed by atoms with Crippen molar-refractivity contribution < 1.29 is 0 Å². The summed E-state index contributed by atoms with van der Waals surface area (Å²) in [5.41, 5.74) is 1.49. The summed E-state index contributed by atoms with van der Waals surface area (Å²) in [5.74, 6) is 0.889. The quantitative estimate of drug-likeness (QED) is 0.529. The molecule has 0 aliphatic heterocycles. The Labute approximate surface area is 55.5 Å². The molecule has 1 saturated carbocycles. The highest BCUT2D eigenvalue weighted by molar-refractivity contribution is 5.22. The van der Waals surface area contributed by atoms with Gasteiger partial charge in [-0.05, 0) is 30.4 Å². The molecule has 0 heteroatoms. The molecule has 0 N–H and O–H groups in total. The first-order valence-electron chi connectivity index (χ1n) is 3.43. The van der Waals surface area contributed by atoms with Crippen LogP contribution in [0.1, 0.15) is 24.3 Å². The smallest absolute Gasteiger partial charge is 0.0162 e. The molecule has 0 bridgehead atoms. The predicted molar refractivity (Wildman–Crippen MR) is 37.3 cm³/mol. The number of hydrogen-bond acceptors (Lipinski definition) is 0. The van der Waals surface area contributed by atoms with Crippen molar-refractivity contribution in [3.63, 3.8) is 0 Å². The fourth-order valence-electron chi connectivity index (χ4n) is 1.09. The summed E-state index contributed by atoms with van der Waals surface area (Å²) in [6.07, 6.45) is 2.79. The van der Waals surface area contributed by atoms with Crippen LogP contribution in [0.15, 0.2) is 24.3 Å². The van der Waals surface area contributed by atoms with E-state index in [0.29, 0.717) is 0 Å². The Morgan fingerprint density at radius 2 is 1.89 bits per heavy atom. The number of rotatable bonds is 1. The summed E-state index contributed by atoms with van der Waals surface area (Å²) in [6.45, 7) is 0. The predicted octanol–water partition coefficient (Wildman–Crippen LogP) is 2.36. The second-order valence-electron chi connectivity index (χ2n) is 2.61. The molecule has 1 fully saturated rings. The van der Waals surface area contributed by atoms with Crippen molar-refractivity contribution in [3.8, 4) is 0 Å². The molecule has 0 nitrogen and oxygen atoms in total. The van der Waals surface area contributed by atoms with Gasteiger partial charge in [0.05, 0.1) is 0 Å². The Bertz CT molecular complexity index is 184. The lowest BCUT2D eigenvalue weighted by Gasteiger charge is -1.91. The zero-order valence-electron chi connectivity index (χ0n) is 5.30. The van der Waals surface area contributed by atoms with Crippen molar-refractivity contribution in [2.24, 2.45) is 0 Å². The van der Waals surface area contributed by atoms with E-state index in [1.807, 2.05) is 12.1 Å². The molecule has 1 aromatic rings. The SMILES string of the molecule is [c]1ccc(C2CC2)cc1. The molecule has 1 aromatic carbocycles. The first-order valence-corrected chi connectivity index (χ1v) is 3.43. The Morgan fingerprint density at radius 3 is 2.44 bits per heavy atom. The van der Waals surface area contributed by atoms with E-state index in [2.05, 4.69) is 18.2 Å². The molecule has 1 radical (unpaired) electrons. The van der Waals surface area contributed by atoms with Crippen LogP contribution in [0.2, 0.25) is 0 Å². The molecule has 45 valence electrons. The summed E-state index contributed by atoms with van der Waals surface area (Å²) in [5, 5.41) is 0. The standard InChI is InChI=1S/C9H9/c1-2-4-8(5-3-1)9-6-7-9/h2-5,9H,6-7H2. The van der Waals surface area contributed by atoms with Gasteiger partial charge in [0.15, 0.2) is 0 Å². The fourth-order valence-corrected chi connectivity index (χ4v) is 1.09. The van der Waals surface area contributed by atoms with Crippen LogP contribution < -0.4 is 0 Å². The first-order chi connectivity index (χ1) is 4.47. The van der Waals surface area contributed by atoms with E-state index in [1.54, 1.807) is 0 Å². The maximum atomic E-state index is 3.02. The van der Waals surface area contributed by atoms with Crippen molar-refractivity contribution in [2.45, 2.75) is 18.8 Å². The molecule has 0 heterocycles. The van der Waals surface area contributed by atoms with Gasteiger partial charge in [-0.15, -0.1) is 0 Å². The molecule has 1 aliphatic rings. The van der Waals surface area contributed by atoms with Gasteiger partial charge in [-0.25, -0.2) is 0 Å². The maximum Gasteiger partial charge on any atom is -0.0162 e. The van der Waals surface area contributed by atoms with Crippen LogP contribution >= 0.6 is 0 Å². The van der Waals surface area contributed by atoms with Crippen molar-refractivity contribution in [1.29, 1.82) is 0 Å². The van der Waals surface area contributed by atoms with E-state index in [-0.39, 0.29) is 0 Å². The van der Waals surface area contributed by atoms with E-state index < -0.39 is 0 Å². The van der Waals surface area contributed by atoms with Gasteiger partial charge in [-0.3, -0.25) is 0 Å². The van der Waals surface area contributed by atoms with Crippen molar-refractivity contribution in [3.05, 3.63) is 35.9 Å². The van der Waals surface area contributed by atoms with E-state index in [0.717, 1.165) is 5.92 Å². The normalized spacial score (nSPS) is 17.8. The Morgan fingerprint density at radius 1 is 1.22 bits per heavy atom. The van der Waals surface area contributed by atoms with E-state index in [1.165, 1.54) is 18.4 Å². The van der Waals surface area contributed by atoms with E-state index >= 15 is 0 Å². The van der Waals surface area contributed by atoms with Gasteiger partial charge in [-0.2, -0.15) is 0 Å². The van der Waals surface area contributed by atoms with Crippen LogP contribution in [0.4, 0.5) is 0 Å². The lowest BCUT2D eigenvalue weighted by atomic mass is 10.1. The van der Waals surface area contributed by atoms with Gasteiger partial charge >= 0.3 is 0 Å². The minimum absolute atomic E-state index is 0.889. The molecular weight excluding hydrogens is 108 g/mol. The molecule has 0 spiro atoms. The zero-order chi connectivity index (χ0) is 6.10. The molecule has 0 unspecified atom stereocenters. The van der Waals surface area contributed by atoms with E-state index in [9.17, 15) is 0 Å². The topological polar surface area (TPSA) is 0 Å². The van der Waals surface area contributed by atoms with E-state index in [4.69, 9.17) is 0 Å².